The van der Waals surface area contributed by atoms with Crippen LogP contribution in [0.1, 0.15) is 49.9 Å². The molecule has 0 amide bonds. The molecule has 0 saturated carbocycles. The van der Waals surface area contributed by atoms with E-state index in [-0.39, 0.29) is 0 Å². The summed E-state index contributed by atoms with van der Waals surface area (Å²) in [5.74, 6) is 0. The SMILES string of the molecule is CC1(C)OB(c2ccc3c(c2)C2(c4ccccc4-3)c3ccccc3-c3ccc(N(c4ccc(-c5ccccc5)cc4-c4ccccc4)c4cccc5ccccc45)cc32)OC1(C)C. The van der Waals surface area contributed by atoms with Crippen LogP contribution < -0.4 is 10.4 Å². The Kier molecular flexibility index (Phi) is 8.40. The Morgan fingerprint density at radius 1 is 0.381 bits per heavy atom. The van der Waals surface area contributed by atoms with E-state index in [9.17, 15) is 0 Å². The lowest BCUT2D eigenvalue weighted by molar-refractivity contribution is 0.00578. The minimum Gasteiger partial charge on any atom is -0.399 e. The molecule has 9 aromatic carbocycles. The van der Waals surface area contributed by atoms with Crippen molar-refractivity contribution in [2.75, 3.05) is 4.90 Å². The van der Waals surface area contributed by atoms with E-state index in [0.717, 1.165) is 33.7 Å². The van der Waals surface area contributed by atoms with Gasteiger partial charge in [0.1, 0.15) is 0 Å². The number of nitrogens with zero attached hydrogens (tertiary/aromatic N) is 1. The summed E-state index contributed by atoms with van der Waals surface area (Å²) >= 11 is 0. The smallest absolute Gasteiger partial charge is 0.399 e. The van der Waals surface area contributed by atoms with E-state index in [1.807, 2.05) is 0 Å². The zero-order chi connectivity index (χ0) is 42.5. The van der Waals surface area contributed by atoms with Gasteiger partial charge in [0.25, 0.3) is 0 Å². The van der Waals surface area contributed by atoms with Gasteiger partial charge in [-0.05, 0) is 130 Å². The van der Waals surface area contributed by atoms with Crippen molar-refractivity contribution in [1.82, 2.24) is 0 Å². The monoisotopic (exact) mass is 811 g/mol. The van der Waals surface area contributed by atoms with Crippen LogP contribution in [0.4, 0.5) is 17.1 Å². The molecule has 9 aromatic rings. The summed E-state index contributed by atoms with van der Waals surface area (Å²) in [7, 11) is -0.486. The molecule has 4 heteroatoms. The summed E-state index contributed by atoms with van der Waals surface area (Å²) in [6, 6.07) is 76.1. The van der Waals surface area contributed by atoms with Crippen LogP contribution in [-0.4, -0.2) is 18.3 Å². The Bertz CT molecular complexity index is 3230. The first kappa shape index (κ1) is 37.8. The molecule has 1 saturated heterocycles. The molecule has 0 radical (unpaired) electrons. The topological polar surface area (TPSA) is 21.7 Å². The molecule has 3 aliphatic rings. The highest BCUT2D eigenvalue weighted by atomic mass is 16.7. The number of benzene rings is 9. The zero-order valence-electron chi connectivity index (χ0n) is 36.0. The Hall–Kier alpha value is -6.98. The largest absolute Gasteiger partial charge is 0.494 e. The predicted molar refractivity (Wildman–Crippen MR) is 262 cm³/mol. The van der Waals surface area contributed by atoms with Crippen LogP contribution in [-0.2, 0) is 14.7 Å². The summed E-state index contributed by atoms with van der Waals surface area (Å²) in [6.07, 6.45) is 0. The minimum atomic E-state index is -0.586. The first-order chi connectivity index (χ1) is 30.7. The second-order valence-corrected chi connectivity index (χ2v) is 18.3. The molecule has 0 bridgehead atoms. The van der Waals surface area contributed by atoms with Crippen LogP contribution in [0.5, 0.6) is 0 Å². The second kappa shape index (κ2) is 14.0. The fourth-order valence-electron chi connectivity index (χ4n) is 10.6. The van der Waals surface area contributed by atoms with E-state index in [1.165, 1.54) is 66.4 Å². The molecule has 1 fully saturated rings. The van der Waals surface area contributed by atoms with Gasteiger partial charge >= 0.3 is 7.12 Å². The molecule has 3 nitrogen and oxygen atoms in total. The van der Waals surface area contributed by atoms with Gasteiger partial charge in [-0.3, -0.25) is 0 Å². The molecule has 1 atom stereocenters. The normalized spacial score (nSPS) is 17.4. The van der Waals surface area contributed by atoms with Crippen LogP contribution in [0.3, 0.4) is 0 Å². The predicted octanol–water partition coefficient (Wildman–Crippen LogP) is 14.3. The van der Waals surface area contributed by atoms with Crippen molar-refractivity contribution in [2.45, 2.75) is 44.3 Å². The second-order valence-electron chi connectivity index (χ2n) is 18.3. The number of hydrogen-bond acceptors (Lipinski definition) is 3. The van der Waals surface area contributed by atoms with Gasteiger partial charge in [-0.1, -0.05) is 176 Å². The molecule has 0 N–H and O–H groups in total. The van der Waals surface area contributed by atoms with Crippen LogP contribution in [0, 0.1) is 0 Å². The fourth-order valence-corrected chi connectivity index (χ4v) is 10.6. The molecule has 2 aliphatic carbocycles. The van der Waals surface area contributed by atoms with Crippen molar-refractivity contribution in [2.24, 2.45) is 0 Å². The maximum atomic E-state index is 6.72. The maximum Gasteiger partial charge on any atom is 0.494 e. The lowest BCUT2D eigenvalue weighted by Crippen LogP contribution is -2.41. The summed E-state index contributed by atoms with van der Waals surface area (Å²) in [5.41, 5.74) is 17.7. The highest BCUT2D eigenvalue weighted by Gasteiger charge is 2.55. The van der Waals surface area contributed by atoms with Crippen LogP contribution in [0.2, 0.25) is 0 Å². The highest BCUT2D eigenvalue weighted by Crippen LogP contribution is 2.63. The fraction of sp³-hybridized carbons (Fsp3) is 0.119. The summed E-state index contributed by atoms with van der Waals surface area (Å²) in [5, 5.41) is 2.38. The van der Waals surface area contributed by atoms with Crippen LogP contribution in [0.25, 0.3) is 55.3 Å². The Morgan fingerprint density at radius 2 is 0.937 bits per heavy atom. The van der Waals surface area contributed by atoms with E-state index in [1.54, 1.807) is 0 Å². The van der Waals surface area contributed by atoms with Crippen molar-refractivity contribution in [1.29, 1.82) is 0 Å². The third-order valence-corrected chi connectivity index (χ3v) is 14.3. The van der Waals surface area contributed by atoms with Gasteiger partial charge in [-0.25, -0.2) is 0 Å². The van der Waals surface area contributed by atoms with Gasteiger partial charge < -0.3 is 14.2 Å². The van der Waals surface area contributed by atoms with Crippen molar-refractivity contribution in [3.8, 4) is 44.5 Å². The third-order valence-electron chi connectivity index (χ3n) is 14.3. The maximum absolute atomic E-state index is 6.72. The molecule has 12 rings (SSSR count). The lowest BCUT2D eigenvalue weighted by Gasteiger charge is -2.33. The number of rotatable bonds is 6. The highest BCUT2D eigenvalue weighted by molar-refractivity contribution is 6.62. The van der Waals surface area contributed by atoms with Gasteiger partial charge in [0.15, 0.2) is 0 Å². The number of fused-ring (bicyclic) bond motifs is 11. The quantitative estimate of drug-likeness (QED) is 0.156. The molecular formula is C59H46BNO2. The Labute approximate surface area is 370 Å². The number of hydrogen-bond donors (Lipinski definition) is 0. The average molecular weight is 812 g/mol. The molecule has 1 heterocycles. The van der Waals surface area contributed by atoms with Crippen molar-refractivity contribution >= 4 is 40.4 Å². The van der Waals surface area contributed by atoms with Gasteiger partial charge in [0.05, 0.1) is 28.0 Å². The zero-order valence-corrected chi connectivity index (χ0v) is 36.0. The lowest BCUT2D eigenvalue weighted by atomic mass is 9.68. The standard InChI is InChI=1S/C59H46BNO2/c1-57(2)58(3,4)63-60(62-57)43-31-33-48-46-25-13-15-27-51(46)59(53(48)37-43)52-28-16-14-26-47(52)49-34-32-44(38-54(49)59)61(55-29-17-23-40-22-11-12-24-45(40)55)56-35-30-42(39-18-7-5-8-19-39)36-50(56)41-20-9-6-10-21-41/h5-38H,1-4H3. The van der Waals surface area contributed by atoms with Crippen LogP contribution >= 0.6 is 0 Å². The molecule has 1 spiro atoms. The summed E-state index contributed by atoms with van der Waals surface area (Å²) in [4.78, 5) is 2.50. The minimum absolute atomic E-state index is 0.457. The van der Waals surface area contributed by atoms with Gasteiger partial charge in [0.2, 0.25) is 0 Å². The van der Waals surface area contributed by atoms with Gasteiger partial charge in [0, 0.05) is 16.6 Å². The van der Waals surface area contributed by atoms with Crippen LogP contribution in [0.15, 0.2) is 206 Å². The first-order valence-corrected chi connectivity index (χ1v) is 22.1. The molecule has 1 unspecified atom stereocenters. The van der Waals surface area contributed by atoms with Gasteiger partial charge in [-0.2, -0.15) is 0 Å². The molecular weight excluding hydrogens is 765 g/mol. The first-order valence-electron chi connectivity index (χ1n) is 22.1. The molecule has 0 aromatic heterocycles. The van der Waals surface area contributed by atoms with E-state index in [0.29, 0.717) is 0 Å². The van der Waals surface area contributed by atoms with Gasteiger partial charge in [-0.15, -0.1) is 0 Å². The van der Waals surface area contributed by atoms with E-state index >= 15 is 0 Å². The molecule has 63 heavy (non-hydrogen) atoms. The molecule has 302 valence electrons. The van der Waals surface area contributed by atoms with Crippen molar-refractivity contribution in [3.05, 3.63) is 229 Å². The summed E-state index contributed by atoms with van der Waals surface area (Å²) < 4.78 is 13.4. The Morgan fingerprint density at radius 3 is 1.63 bits per heavy atom. The molecule has 1 aliphatic heterocycles. The van der Waals surface area contributed by atoms with E-state index in [4.69, 9.17) is 9.31 Å². The van der Waals surface area contributed by atoms with Crippen molar-refractivity contribution < 1.29 is 9.31 Å². The average Bonchev–Trinajstić information content (AvgIpc) is 3.87. The Balaban J connectivity index is 1.13. The summed E-state index contributed by atoms with van der Waals surface area (Å²) in [6.45, 7) is 8.51. The van der Waals surface area contributed by atoms with E-state index < -0.39 is 23.7 Å². The van der Waals surface area contributed by atoms with E-state index in [2.05, 4.69) is 239 Å². The van der Waals surface area contributed by atoms with Crippen molar-refractivity contribution in [3.63, 3.8) is 0 Å². The number of anilines is 3. The third kappa shape index (κ3) is 5.61.